The van der Waals surface area contributed by atoms with E-state index < -0.39 is 14.9 Å². The molecule has 3 heterocycles. The highest BCUT2D eigenvalue weighted by molar-refractivity contribution is 7.89. The molecule has 11 nitrogen and oxygen atoms in total. The van der Waals surface area contributed by atoms with Gasteiger partial charge in [-0.25, -0.2) is 8.42 Å². The number of hydrogen-bond donors (Lipinski definition) is 0. The van der Waals surface area contributed by atoms with Gasteiger partial charge in [-0.2, -0.15) is 4.31 Å². The van der Waals surface area contributed by atoms with Crippen molar-refractivity contribution < 1.29 is 22.9 Å². The van der Waals surface area contributed by atoms with Crippen molar-refractivity contribution in [2.75, 3.05) is 77.0 Å². The number of ether oxygens (including phenoxy) is 1. The maximum atomic E-state index is 12.9. The van der Waals surface area contributed by atoms with E-state index in [1.165, 1.54) is 29.3 Å². The molecule has 1 aromatic rings. The molecule has 4 rings (SSSR count). The van der Waals surface area contributed by atoms with Crippen molar-refractivity contribution in [3.63, 3.8) is 0 Å². The Balaban J connectivity index is 1.41. The fraction of sp³-hybridized carbons (Fsp3) is 0.682. The number of carbonyl (C=O) groups excluding carboxylic acids is 1. The Morgan fingerprint density at radius 2 is 1.59 bits per heavy atom. The van der Waals surface area contributed by atoms with Gasteiger partial charge in [0.25, 0.3) is 5.69 Å². The highest BCUT2D eigenvalue weighted by Gasteiger charge is 2.31. The van der Waals surface area contributed by atoms with Gasteiger partial charge in [0.05, 0.1) is 29.6 Å². The Labute approximate surface area is 200 Å². The van der Waals surface area contributed by atoms with Gasteiger partial charge < -0.3 is 14.5 Å². The van der Waals surface area contributed by atoms with E-state index in [1.54, 1.807) is 0 Å². The van der Waals surface area contributed by atoms with E-state index in [0.717, 1.165) is 32.0 Å². The van der Waals surface area contributed by atoms with Crippen molar-refractivity contribution >= 4 is 27.3 Å². The van der Waals surface area contributed by atoms with Gasteiger partial charge in [0.1, 0.15) is 5.69 Å². The quantitative estimate of drug-likeness (QED) is 0.426. The minimum atomic E-state index is -3.82. The predicted octanol–water partition coefficient (Wildman–Crippen LogP) is 1.14. The first kappa shape index (κ1) is 24.8. The number of benzene rings is 1. The lowest BCUT2D eigenvalue weighted by atomic mass is 10.2. The molecule has 3 aliphatic rings. The summed E-state index contributed by atoms with van der Waals surface area (Å²) in [7, 11) is -3.82. The first-order valence-corrected chi connectivity index (χ1v) is 13.4. The van der Waals surface area contributed by atoms with Gasteiger partial charge in [0.2, 0.25) is 15.9 Å². The molecule has 188 valence electrons. The van der Waals surface area contributed by atoms with Gasteiger partial charge in [-0.05, 0) is 25.0 Å². The summed E-state index contributed by atoms with van der Waals surface area (Å²) in [6, 6.07) is 4.14. The Hall–Kier alpha value is -2.28. The maximum absolute atomic E-state index is 12.9. The molecule has 0 atom stereocenters. The Bertz CT molecular complexity index is 981. The Kier molecular flexibility index (Phi) is 8.02. The number of sulfonamides is 1. The number of likely N-dealkylation sites (tertiary alicyclic amines) is 1. The van der Waals surface area contributed by atoms with Gasteiger partial charge in [-0.3, -0.25) is 19.8 Å². The molecule has 0 spiro atoms. The number of nitrogens with zero attached hydrogens (tertiary/aromatic N) is 5. The van der Waals surface area contributed by atoms with Crippen molar-refractivity contribution in [1.82, 2.24) is 14.1 Å². The smallest absolute Gasteiger partial charge is 0.293 e. The van der Waals surface area contributed by atoms with Crippen LogP contribution in [0.5, 0.6) is 0 Å². The van der Waals surface area contributed by atoms with Crippen LogP contribution in [0.4, 0.5) is 11.4 Å². The molecule has 0 radical (unpaired) electrons. The molecule has 0 bridgehead atoms. The zero-order chi connectivity index (χ0) is 24.1. The molecule has 1 aromatic carbocycles. The number of morpholine rings is 1. The summed E-state index contributed by atoms with van der Waals surface area (Å²) < 4.78 is 32.4. The minimum absolute atomic E-state index is 0.0773. The third kappa shape index (κ3) is 5.68. The second-order valence-electron chi connectivity index (χ2n) is 8.98. The van der Waals surface area contributed by atoms with E-state index in [-0.39, 0.29) is 29.6 Å². The molecule has 3 fully saturated rings. The van der Waals surface area contributed by atoms with Gasteiger partial charge in [0.15, 0.2) is 0 Å². The van der Waals surface area contributed by atoms with Crippen LogP contribution in [0.1, 0.15) is 25.7 Å². The van der Waals surface area contributed by atoms with Crippen LogP contribution in [0, 0.1) is 10.1 Å². The minimum Gasteiger partial charge on any atom is -0.379 e. The van der Waals surface area contributed by atoms with Crippen molar-refractivity contribution in [3.8, 4) is 0 Å². The molecule has 34 heavy (non-hydrogen) atoms. The van der Waals surface area contributed by atoms with E-state index >= 15 is 0 Å². The molecular weight excluding hydrogens is 462 g/mol. The van der Waals surface area contributed by atoms with E-state index in [4.69, 9.17) is 4.74 Å². The summed E-state index contributed by atoms with van der Waals surface area (Å²) in [5, 5.41) is 11.8. The lowest BCUT2D eigenvalue weighted by Gasteiger charge is -2.36. The van der Waals surface area contributed by atoms with Crippen molar-refractivity contribution in [1.29, 1.82) is 0 Å². The molecule has 0 aliphatic carbocycles. The monoisotopic (exact) mass is 495 g/mol. The number of rotatable bonds is 6. The second kappa shape index (κ2) is 11.0. The first-order chi connectivity index (χ1) is 16.4. The summed E-state index contributed by atoms with van der Waals surface area (Å²) in [6.07, 6.45) is 4.46. The summed E-state index contributed by atoms with van der Waals surface area (Å²) in [5.74, 6) is 0.152. The van der Waals surface area contributed by atoms with E-state index in [9.17, 15) is 23.3 Å². The van der Waals surface area contributed by atoms with E-state index in [1.807, 2.05) is 9.80 Å². The number of anilines is 1. The van der Waals surface area contributed by atoms with Gasteiger partial charge in [-0.1, -0.05) is 12.8 Å². The lowest BCUT2D eigenvalue weighted by molar-refractivity contribution is -0.384. The topological polar surface area (TPSA) is 117 Å². The van der Waals surface area contributed by atoms with Gasteiger partial charge in [-0.15, -0.1) is 0 Å². The van der Waals surface area contributed by atoms with Crippen LogP contribution in [0.3, 0.4) is 0 Å². The van der Waals surface area contributed by atoms with Crippen molar-refractivity contribution in [2.45, 2.75) is 30.6 Å². The molecule has 1 amide bonds. The molecule has 3 saturated heterocycles. The third-order valence-corrected chi connectivity index (χ3v) is 8.68. The van der Waals surface area contributed by atoms with Gasteiger partial charge >= 0.3 is 0 Å². The zero-order valence-corrected chi connectivity index (χ0v) is 20.2. The SMILES string of the molecule is O=C(CN1CCN(c2ccc(S(=O)(=O)N3CCOCC3)cc2[N+](=O)[O-])CC1)N1CCCCCC1. The van der Waals surface area contributed by atoms with Gasteiger partial charge in [0, 0.05) is 58.4 Å². The standard InChI is InChI=1S/C22H33N5O6S/c28-22(25-7-3-1-2-4-8-25)18-23-9-11-24(12-10-23)20-6-5-19(17-21(20)27(29)30)34(31,32)26-13-15-33-16-14-26/h5-6,17H,1-4,7-16,18H2. The van der Waals surface area contributed by atoms with Crippen LogP contribution < -0.4 is 4.90 Å². The number of nitro groups is 1. The number of hydrogen-bond acceptors (Lipinski definition) is 8. The molecule has 0 saturated carbocycles. The number of amides is 1. The molecule has 0 unspecified atom stereocenters. The zero-order valence-electron chi connectivity index (χ0n) is 19.4. The molecular formula is C22H33N5O6S. The normalized spacial score (nSPS) is 21.3. The number of nitro benzene ring substituents is 1. The van der Waals surface area contributed by atoms with Crippen molar-refractivity contribution in [2.24, 2.45) is 0 Å². The third-order valence-electron chi connectivity index (χ3n) is 6.78. The number of carbonyl (C=O) groups is 1. The highest BCUT2D eigenvalue weighted by Crippen LogP contribution is 2.32. The van der Waals surface area contributed by atoms with Crippen LogP contribution >= 0.6 is 0 Å². The molecule has 12 heteroatoms. The largest absolute Gasteiger partial charge is 0.379 e. The second-order valence-corrected chi connectivity index (χ2v) is 10.9. The average molecular weight is 496 g/mol. The molecule has 0 aromatic heterocycles. The summed E-state index contributed by atoms with van der Waals surface area (Å²) in [6.45, 7) is 5.39. The Morgan fingerprint density at radius 1 is 0.941 bits per heavy atom. The Morgan fingerprint density at radius 3 is 2.21 bits per heavy atom. The van der Waals surface area contributed by atoms with E-state index in [0.29, 0.717) is 51.6 Å². The summed E-state index contributed by atoms with van der Waals surface area (Å²) >= 11 is 0. The van der Waals surface area contributed by atoms with Crippen molar-refractivity contribution in [3.05, 3.63) is 28.3 Å². The van der Waals surface area contributed by atoms with Crippen LogP contribution in [-0.4, -0.2) is 105 Å². The summed E-state index contributed by atoms with van der Waals surface area (Å²) in [5.41, 5.74) is 0.188. The van der Waals surface area contributed by atoms with E-state index in [2.05, 4.69) is 4.90 Å². The number of piperazine rings is 1. The average Bonchev–Trinajstić information content (AvgIpc) is 3.14. The van der Waals surface area contributed by atoms with Crippen LogP contribution in [0.15, 0.2) is 23.1 Å². The first-order valence-electron chi connectivity index (χ1n) is 12.0. The van der Waals surface area contributed by atoms with Crippen LogP contribution in [0.25, 0.3) is 0 Å². The lowest BCUT2D eigenvalue weighted by Crippen LogP contribution is -2.50. The molecule has 0 N–H and O–H groups in total. The fourth-order valence-electron chi connectivity index (χ4n) is 4.77. The molecule has 3 aliphatic heterocycles. The van der Waals surface area contributed by atoms with Crippen LogP contribution in [-0.2, 0) is 19.6 Å². The fourth-order valence-corrected chi connectivity index (χ4v) is 6.20. The highest BCUT2D eigenvalue weighted by atomic mass is 32.2. The predicted molar refractivity (Wildman–Crippen MR) is 126 cm³/mol. The maximum Gasteiger partial charge on any atom is 0.293 e. The van der Waals surface area contributed by atoms with Crippen LogP contribution in [0.2, 0.25) is 0 Å². The summed E-state index contributed by atoms with van der Waals surface area (Å²) in [4.78, 5) is 29.9.